The summed E-state index contributed by atoms with van der Waals surface area (Å²) in [6.45, 7) is 10.3. The van der Waals surface area contributed by atoms with Crippen LogP contribution < -0.4 is 16.4 Å². The summed E-state index contributed by atoms with van der Waals surface area (Å²) in [4.78, 5) is 40.6. The Morgan fingerprint density at radius 3 is 2.62 bits per heavy atom. The monoisotopic (exact) mass is 460 g/mol. The summed E-state index contributed by atoms with van der Waals surface area (Å²) in [5, 5.41) is 17.0. The molecular weight excluding hydrogens is 428 g/mol. The fourth-order valence-corrected chi connectivity index (χ4v) is 5.48. The number of nitrogens with zero attached hydrogens (tertiary/aromatic N) is 1. The average molecular weight is 461 g/mol. The minimum absolute atomic E-state index is 0.0184. The highest BCUT2D eigenvalue weighted by Gasteiger charge is 2.63. The van der Waals surface area contributed by atoms with Gasteiger partial charge in [0.1, 0.15) is 17.8 Å². The molecule has 0 spiro atoms. The molecular formula is C22H32N4O5Si. The highest BCUT2D eigenvalue weighted by atomic mass is 28.4. The Hall–Kier alpha value is -2.27. The smallest absolute Gasteiger partial charge is 0.255 e. The van der Waals surface area contributed by atoms with Gasteiger partial charge in [-0.1, -0.05) is 39.0 Å². The number of hydrogen-bond donors (Lipinski definition) is 4. The first-order valence-corrected chi connectivity index (χ1v) is 13.8. The van der Waals surface area contributed by atoms with Gasteiger partial charge in [0.25, 0.3) is 5.91 Å². The van der Waals surface area contributed by atoms with Crippen LogP contribution in [0, 0.1) is 0 Å². The number of carbonyl (C=O) groups excluding carboxylic acids is 3. The molecule has 9 nitrogen and oxygen atoms in total. The number of carbonyl (C=O) groups is 3. The normalized spacial score (nSPS) is 30.2. The molecule has 1 aromatic rings. The highest BCUT2D eigenvalue weighted by molar-refractivity contribution is 6.74. The van der Waals surface area contributed by atoms with Crippen molar-refractivity contribution < 1.29 is 23.9 Å². The molecule has 0 aromatic heterocycles. The van der Waals surface area contributed by atoms with Crippen LogP contribution >= 0.6 is 0 Å². The zero-order chi connectivity index (χ0) is 23.6. The van der Waals surface area contributed by atoms with Gasteiger partial charge in [0.2, 0.25) is 5.91 Å². The Morgan fingerprint density at radius 1 is 1.31 bits per heavy atom. The molecule has 1 aromatic carbocycles. The number of rotatable bonds is 5. The van der Waals surface area contributed by atoms with E-state index >= 15 is 0 Å². The van der Waals surface area contributed by atoms with E-state index in [2.05, 4.69) is 44.5 Å². The first-order valence-electron chi connectivity index (χ1n) is 10.9. The van der Waals surface area contributed by atoms with Crippen molar-refractivity contribution in [2.24, 2.45) is 5.73 Å². The maximum Gasteiger partial charge on any atom is 0.255 e. The van der Waals surface area contributed by atoms with Gasteiger partial charge < -0.3 is 30.8 Å². The molecule has 0 unspecified atom stereocenters. The van der Waals surface area contributed by atoms with Crippen molar-refractivity contribution in [3.05, 3.63) is 29.8 Å². The molecule has 0 aliphatic carbocycles. The Labute approximate surface area is 188 Å². The fraction of sp³-hybridized carbons (Fsp3) is 0.591. The molecule has 174 valence electrons. The second kappa shape index (κ2) is 7.37. The molecule has 32 heavy (non-hydrogen) atoms. The van der Waals surface area contributed by atoms with Crippen molar-refractivity contribution in [1.82, 2.24) is 10.2 Å². The lowest BCUT2D eigenvalue weighted by atomic mass is 9.91. The largest absolute Gasteiger partial charge is 0.415 e. The number of nitrogens with two attached hydrogens (primary N) is 1. The topological polar surface area (TPSA) is 134 Å². The van der Waals surface area contributed by atoms with E-state index in [0.29, 0.717) is 11.3 Å². The Kier molecular flexibility index (Phi) is 5.28. The minimum atomic E-state index is -2.14. The van der Waals surface area contributed by atoms with Crippen LogP contribution in [-0.2, 0) is 24.4 Å². The van der Waals surface area contributed by atoms with Gasteiger partial charge in [-0.25, -0.2) is 0 Å². The van der Waals surface area contributed by atoms with Crippen LogP contribution in [0.5, 0.6) is 0 Å². The minimum Gasteiger partial charge on any atom is -0.415 e. The van der Waals surface area contributed by atoms with Gasteiger partial charge in [-0.05, 0) is 24.2 Å². The van der Waals surface area contributed by atoms with Crippen LogP contribution in [0.3, 0.4) is 0 Å². The quantitative estimate of drug-likeness (QED) is 0.374. The summed E-state index contributed by atoms with van der Waals surface area (Å²) < 4.78 is 6.05. The van der Waals surface area contributed by atoms with E-state index in [4.69, 9.17) is 10.2 Å². The maximum absolute atomic E-state index is 13.3. The number of Topliss-reactive ketones (excluding diaryl/α,β-unsaturated/α-hetero) is 1. The molecule has 0 bridgehead atoms. The van der Waals surface area contributed by atoms with Gasteiger partial charge in [-0.3, -0.25) is 14.4 Å². The predicted molar refractivity (Wildman–Crippen MR) is 121 cm³/mol. The van der Waals surface area contributed by atoms with Crippen molar-refractivity contribution in [3.63, 3.8) is 0 Å². The standard InChI is InChI=1S/C22H32N4O5Si/c1-21(2,3)32(4,5)31-11-13(23)17(27)16-19(29)26-15(18(28)25-16)10-22(30)12-8-6-7-9-14(12)24-20(22)26/h6-9,13,15-16,20,24,30H,10-11,23H2,1-5H3,(H,25,28)/t13-,15-,16-,20-,22+/m0/s1. The average Bonchev–Trinajstić information content (AvgIpc) is 3.17. The number of fused-ring (bicyclic) bond motifs is 5. The number of ketones is 1. The van der Waals surface area contributed by atoms with Crippen LogP contribution in [-0.4, -0.2) is 66.8 Å². The zero-order valence-corrected chi connectivity index (χ0v) is 20.1. The van der Waals surface area contributed by atoms with Gasteiger partial charge in [0.05, 0.1) is 12.6 Å². The number of nitrogens with one attached hydrogen (secondary N) is 2. The number of benzene rings is 1. The summed E-state index contributed by atoms with van der Waals surface area (Å²) >= 11 is 0. The molecule has 0 radical (unpaired) electrons. The lowest BCUT2D eigenvalue weighted by molar-refractivity contribution is -0.152. The summed E-state index contributed by atoms with van der Waals surface area (Å²) in [5.41, 5.74) is 6.05. The Balaban J connectivity index is 1.52. The number of amides is 2. The SMILES string of the molecule is CC(C)(C)[Si](C)(C)OC[C@H](N)C(=O)[C@@H]1NC(=O)[C@@H]2C[C@@]3(O)c4ccccc4N[C@H]3N2C1=O. The van der Waals surface area contributed by atoms with E-state index in [1.807, 2.05) is 12.1 Å². The summed E-state index contributed by atoms with van der Waals surface area (Å²) in [6.07, 6.45) is -0.765. The molecule has 3 aliphatic rings. The summed E-state index contributed by atoms with van der Waals surface area (Å²) in [5.74, 6) is -1.63. The number of anilines is 1. The van der Waals surface area contributed by atoms with E-state index in [9.17, 15) is 19.5 Å². The molecule has 2 fully saturated rings. The van der Waals surface area contributed by atoms with Crippen molar-refractivity contribution in [3.8, 4) is 0 Å². The second-order valence-electron chi connectivity index (χ2n) is 10.5. The van der Waals surface area contributed by atoms with Crippen molar-refractivity contribution in [1.29, 1.82) is 0 Å². The molecule has 3 aliphatic heterocycles. The third kappa shape index (κ3) is 3.36. The fourth-order valence-electron chi connectivity index (χ4n) is 4.45. The Bertz CT molecular complexity index is 977. The molecule has 2 amide bonds. The third-order valence-electron chi connectivity index (χ3n) is 7.43. The van der Waals surface area contributed by atoms with E-state index in [-0.39, 0.29) is 18.1 Å². The van der Waals surface area contributed by atoms with Crippen molar-refractivity contribution in [2.75, 3.05) is 11.9 Å². The van der Waals surface area contributed by atoms with E-state index < -0.39 is 55.8 Å². The third-order valence-corrected chi connectivity index (χ3v) is 11.9. The Morgan fingerprint density at radius 2 is 1.97 bits per heavy atom. The van der Waals surface area contributed by atoms with Gasteiger partial charge >= 0.3 is 0 Å². The van der Waals surface area contributed by atoms with E-state index in [1.54, 1.807) is 12.1 Å². The van der Waals surface area contributed by atoms with Crippen LogP contribution in [0.1, 0.15) is 32.8 Å². The lowest BCUT2D eigenvalue weighted by Crippen LogP contribution is -2.68. The van der Waals surface area contributed by atoms with Crippen molar-refractivity contribution in [2.45, 2.75) is 75.2 Å². The van der Waals surface area contributed by atoms with Gasteiger partial charge in [0.15, 0.2) is 20.1 Å². The molecule has 3 heterocycles. The second-order valence-corrected chi connectivity index (χ2v) is 15.3. The van der Waals surface area contributed by atoms with Crippen LogP contribution in [0.4, 0.5) is 5.69 Å². The molecule has 0 saturated carbocycles. The predicted octanol–water partition coefficient (Wildman–Crippen LogP) is 0.643. The molecule has 5 atom stereocenters. The number of aliphatic hydroxyl groups is 1. The first-order chi connectivity index (χ1) is 14.8. The van der Waals surface area contributed by atoms with Crippen molar-refractivity contribution >= 4 is 31.6 Å². The number of piperazine rings is 1. The molecule has 10 heteroatoms. The number of hydrogen-bond acceptors (Lipinski definition) is 7. The van der Waals surface area contributed by atoms with Crippen LogP contribution in [0.25, 0.3) is 0 Å². The van der Waals surface area contributed by atoms with Gasteiger partial charge in [-0.2, -0.15) is 0 Å². The molecule has 5 N–H and O–H groups in total. The number of para-hydroxylation sites is 1. The van der Waals surface area contributed by atoms with E-state index in [0.717, 1.165) is 0 Å². The summed E-state index contributed by atoms with van der Waals surface area (Å²) in [7, 11) is -2.14. The maximum atomic E-state index is 13.3. The zero-order valence-electron chi connectivity index (χ0n) is 19.1. The molecule has 4 rings (SSSR count). The molecule has 2 saturated heterocycles. The van der Waals surface area contributed by atoms with Crippen LogP contribution in [0.15, 0.2) is 24.3 Å². The summed E-state index contributed by atoms with van der Waals surface area (Å²) in [6, 6.07) is 3.91. The van der Waals surface area contributed by atoms with Crippen LogP contribution in [0.2, 0.25) is 18.1 Å². The van der Waals surface area contributed by atoms with E-state index in [1.165, 1.54) is 4.90 Å². The first kappa shape index (κ1) is 22.9. The lowest BCUT2D eigenvalue weighted by Gasteiger charge is -2.39. The highest BCUT2D eigenvalue weighted by Crippen LogP contribution is 2.50. The van der Waals surface area contributed by atoms with Gasteiger partial charge in [-0.15, -0.1) is 0 Å². The van der Waals surface area contributed by atoms with Gasteiger partial charge in [0, 0.05) is 17.7 Å².